The molecule has 2 heteroatoms. The zero-order valence-electron chi connectivity index (χ0n) is 9.30. The summed E-state index contributed by atoms with van der Waals surface area (Å²) in [6.07, 6.45) is 4.01. The van der Waals surface area contributed by atoms with E-state index in [2.05, 4.69) is 25.5 Å². The fraction of sp³-hybridized carbons (Fsp3) is 0.909. The molecular weight excluding hydrogens is 177 g/mol. The van der Waals surface area contributed by atoms with Crippen LogP contribution in [0.25, 0.3) is 0 Å². The predicted molar refractivity (Wildman–Crippen MR) is 63.5 cm³/mol. The number of rotatable bonds is 5. The van der Waals surface area contributed by atoms with Gasteiger partial charge in [0.2, 0.25) is 0 Å². The van der Waals surface area contributed by atoms with Crippen LogP contribution in [0.15, 0.2) is 4.99 Å². The third kappa shape index (κ3) is 2.77. The Morgan fingerprint density at radius 2 is 2.23 bits per heavy atom. The molecule has 1 fully saturated rings. The number of nitrogens with zero attached hydrogens (tertiary/aromatic N) is 1. The molecule has 1 nitrogen and oxygen atoms in total. The molecule has 1 aliphatic rings. The normalized spacial score (nSPS) is 31.2. The van der Waals surface area contributed by atoms with Gasteiger partial charge in [0.15, 0.2) is 0 Å². The van der Waals surface area contributed by atoms with Crippen LogP contribution in [0.5, 0.6) is 0 Å². The summed E-state index contributed by atoms with van der Waals surface area (Å²) in [6.45, 7) is 6.94. The van der Waals surface area contributed by atoms with Gasteiger partial charge in [0.1, 0.15) is 0 Å². The van der Waals surface area contributed by atoms with E-state index in [4.69, 9.17) is 0 Å². The summed E-state index contributed by atoms with van der Waals surface area (Å²) in [7, 11) is 3.05. The Labute approximate surface area is 84.2 Å². The van der Waals surface area contributed by atoms with Crippen molar-refractivity contribution >= 4 is 14.3 Å². The van der Waals surface area contributed by atoms with Crippen LogP contribution >= 0.6 is 8.58 Å². The highest BCUT2D eigenvalue weighted by molar-refractivity contribution is 7.37. The maximum Gasteiger partial charge on any atom is 0.0276 e. The zero-order valence-corrected chi connectivity index (χ0v) is 10.3. The summed E-state index contributed by atoms with van der Waals surface area (Å²) in [4.78, 5) is 4.51. The van der Waals surface area contributed by atoms with Gasteiger partial charge in [-0.3, -0.25) is 4.99 Å². The van der Waals surface area contributed by atoms with E-state index in [0.717, 1.165) is 26.3 Å². The van der Waals surface area contributed by atoms with Crippen molar-refractivity contribution in [2.45, 2.75) is 26.7 Å². The summed E-state index contributed by atoms with van der Waals surface area (Å²) in [6, 6.07) is 0. The van der Waals surface area contributed by atoms with Gasteiger partial charge in [-0.15, -0.1) is 8.58 Å². The van der Waals surface area contributed by atoms with Crippen LogP contribution in [0.3, 0.4) is 0 Å². The average Bonchev–Trinajstić information content (AvgIpc) is 2.82. The SMILES string of the molecule is CCC(CPC)/C(=N\C)C1CC1C. The van der Waals surface area contributed by atoms with Gasteiger partial charge in [-0.25, -0.2) is 0 Å². The number of hydrogen-bond acceptors (Lipinski definition) is 1. The fourth-order valence-corrected chi connectivity index (χ4v) is 3.08. The Morgan fingerprint density at radius 3 is 2.54 bits per heavy atom. The molecule has 4 unspecified atom stereocenters. The number of aliphatic imine (C=N–C) groups is 1. The minimum absolute atomic E-state index is 0.781. The van der Waals surface area contributed by atoms with Crippen LogP contribution in [0.2, 0.25) is 0 Å². The van der Waals surface area contributed by atoms with E-state index in [1.54, 1.807) is 0 Å². The largest absolute Gasteiger partial charge is 0.297 e. The van der Waals surface area contributed by atoms with Crippen molar-refractivity contribution in [1.82, 2.24) is 0 Å². The highest BCUT2D eigenvalue weighted by Gasteiger charge is 2.38. The van der Waals surface area contributed by atoms with Crippen LogP contribution in [0.1, 0.15) is 26.7 Å². The minimum atomic E-state index is 0.781. The molecule has 76 valence electrons. The molecule has 0 aromatic carbocycles. The standard InChI is InChI=1S/C11H22NP/c1-5-9(7-13-4)11(12-3)10-6-8(10)2/h8-10,13H,5-7H2,1-4H3/b12-11+. The topological polar surface area (TPSA) is 12.4 Å². The van der Waals surface area contributed by atoms with Crippen molar-refractivity contribution in [2.24, 2.45) is 22.7 Å². The van der Waals surface area contributed by atoms with E-state index in [-0.39, 0.29) is 0 Å². The molecular formula is C11H22NP. The average molecular weight is 199 g/mol. The summed E-state index contributed by atoms with van der Waals surface area (Å²) in [5.41, 5.74) is 1.52. The molecule has 0 bridgehead atoms. The van der Waals surface area contributed by atoms with Crippen LogP contribution < -0.4 is 0 Å². The van der Waals surface area contributed by atoms with Crippen molar-refractivity contribution in [1.29, 1.82) is 0 Å². The molecule has 0 spiro atoms. The van der Waals surface area contributed by atoms with Gasteiger partial charge in [0.25, 0.3) is 0 Å². The quantitative estimate of drug-likeness (QED) is 0.476. The molecule has 0 radical (unpaired) electrons. The first-order chi connectivity index (χ1) is 6.24. The second-order valence-corrected chi connectivity index (χ2v) is 5.25. The summed E-state index contributed by atoms with van der Waals surface area (Å²) >= 11 is 0. The Kier molecular flexibility index (Phi) is 4.38. The van der Waals surface area contributed by atoms with Gasteiger partial charge < -0.3 is 0 Å². The van der Waals surface area contributed by atoms with Crippen LogP contribution in [-0.4, -0.2) is 25.6 Å². The smallest absolute Gasteiger partial charge is 0.0276 e. The monoisotopic (exact) mass is 199 g/mol. The van der Waals surface area contributed by atoms with E-state index >= 15 is 0 Å². The molecule has 0 aromatic rings. The maximum atomic E-state index is 4.51. The second-order valence-electron chi connectivity index (χ2n) is 4.13. The van der Waals surface area contributed by atoms with Crippen LogP contribution in [-0.2, 0) is 0 Å². The molecule has 0 aliphatic heterocycles. The molecule has 1 rings (SSSR count). The third-order valence-electron chi connectivity index (χ3n) is 3.11. The van der Waals surface area contributed by atoms with E-state index < -0.39 is 0 Å². The molecule has 1 aliphatic carbocycles. The van der Waals surface area contributed by atoms with E-state index in [1.165, 1.54) is 24.7 Å². The molecule has 4 atom stereocenters. The molecule has 0 N–H and O–H groups in total. The molecule has 13 heavy (non-hydrogen) atoms. The Balaban J connectivity index is 2.53. The van der Waals surface area contributed by atoms with Crippen LogP contribution in [0, 0.1) is 17.8 Å². The highest BCUT2D eigenvalue weighted by Crippen LogP contribution is 2.42. The fourth-order valence-electron chi connectivity index (χ4n) is 2.09. The lowest BCUT2D eigenvalue weighted by Gasteiger charge is -2.16. The molecule has 0 amide bonds. The highest BCUT2D eigenvalue weighted by atomic mass is 31.1. The lowest BCUT2D eigenvalue weighted by atomic mass is 9.98. The van der Waals surface area contributed by atoms with Gasteiger partial charge >= 0.3 is 0 Å². The minimum Gasteiger partial charge on any atom is -0.297 e. The first-order valence-corrected chi connectivity index (χ1v) is 7.06. The van der Waals surface area contributed by atoms with E-state index in [0.29, 0.717) is 0 Å². The molecule has 0 saturated heterocycles. The third-order valence-corrected chi connectivity index (χ3v) is 4.01. The lowest BCUT2D eigenvalue weighted by molar-refractivity contribution is 0.714. The van der Waals surface area contributed by atoms with Crippen molar-refractivity contribution < 1.29 is 0 Å². The summed E-state index contributed by atoms with van der Waals surface area (Å²) in [5, 5.41) is 0. The predicted octanol–water partition coefficient (Wildman–Crippen LogP) is 3.05. The number of hydrogen-bond donors (Lipinski definition) is 0. The van der Waals surface area contributed by atoms with Crippen molar-refractivity contribution in [2.75, 3.05) is 19.9 Å². The van der Waals surface area contributed by atoms with Gasteiger partial charge in [-0.1, -0.05) is 13.8 Å². The van der Waals surface area contributed by atoms with E-state index in [1.807, 2.05) is 7.05 Å². The van der Waals surface area contributed by atoms with Gasteiger partial charge in [-0.05, 0) is 37.5 Å². The zero-order chi connectivity index (χ0) is 9.84. The summed E-state index contributed by atoms with van der Waals surface area (Å²) < 4.78 is 0. The van der Waals surface area contributed by atoms with Crippen molar-refractivity contribution in [3.8, 4) is 0 Å². The molecule has 0 heterocycles. The Hall–Kier alpha value is 0.100. The van der Waals surface area contributed by atoms with Crippen LogP contribution in [0.4, 0.5) is 0 Å². The Bertz CT molecular complexity index is 189. The first-order valence-electron chi connectivity index (χ1n) is 5.35. The van der Waals surface area contributed by atoms with Crippen molar-refractivity contribution in [3.05, 3.63) is 0 Å². The van der Waals surface area contributed by atoms with Gasteiger partial charge in [-0.2, -0.15) is 0 Å². The second kappa shape index (κ2) is 5.10. The lowest BCUT2D eigenvalue weighted by Crippen LogP contribution is -2.18. The molecule has 0 aromatic heterocycles. The first kappa shape index (κ1) is 11.2. The Morgan fingerprint density at radius 1 is 1.62 bits per heavy atom. The maximum absolute atomic E-state index is 4.51. The van der Waals surface area contributed by atoms with Gasteiger partial charge in [0.05, 0.1) is 0 Å². The van der Waals surface area contributed by atoms with E-state index in [9.17, 15) is 0 Å². The van der Waals surface area contributed by atoms with Gasteiger partial charge in [0, 0.05) is 18.7 Å². The molecule has 1 saturated carbocycles. The van der Waals surface area contributed by atoms with Crippen molar-refractivity contribution in [3.63, 3.8) is 0 Å². The summed E-state index contributed by atoms with van der Waals surface area (Å²) in [5.74, 6) is 2.53.